The van der Waals surface area contributed by atoms with Crippen LogP contribution in [0.4, 0.5) is 70.2 Å². The largest absolute Gasteiger partial charge is 0.744 e. The SMILES string of the molecule is C#Cc1cccc(Oc2c(F)c(F)c(Sc3c(F)c(F)c(Oc4cc5ccc(S(=O)(=O)[O-])cc5cc4Oc4c(F)c(F)c(Sc5c(F)c(F)c(Oc6cccc(C#C)c6)c(F)c5F)c(F)c4F)c(F)c3F)c(F)c2F)c1. The Hall–Kier alpha value is -8.17. The minimum atomic E-state index is -5.33. The summed E-state index contributed by atoms with van der Waals surface area (Å²) in [5.74, 6) is -47.1. The molecule has 7 nitrogen and oxygen atoms in total. The highest BCUT2D eigenvalue weighted by molar-refractivity contribution is 7.99. The average molecular weight is 1130 g/mol. The Kier molecular flexibility index (Phi) is 14.8. The summed E-state index contributed by atoms with van der Waals surface area (Å²) in [6.07, 6.45) is 10.5. The number of benzene rings is 8. The molecular formula is C50H15F16O7S3-. The molecule has 0 amide bonds. The summed E-state index contributed by atoms with van der Waals surface area (Å²) < 4.78 is 303. The lowest BCUT2D eigenvalue weighted by molar-refractivity contribution is 0.326. The van der Waals surface area contributed by atoms with Crippen LogP contribution in [0.25, 0.3) is 10.8 Å². The number of rotatable bonds is 13. The number of halogens is 16. The summed E-state index contributed by atoms with van der Waals surface area (Å²) in [4.78, 5) is -8.95. The lowest BCUT2D eigenvalue weighted by atomic mass is 10.1. The maximum Gasteiger partial charge on any atom is 0.205 e. The minimum Gasteiger partial charge on any atom is -0.744 e. The third-order valence-electron chi connectivity index (χ3n) is 10.2. The van der Waals surface area contributed by atoms with E-state index in [1.165, 1.54) is 24.3 Å². The van der Waals surface area contributed by atoms with Crippen molar-refractivity contribution < 1.29 is 102 Å². The molecule has 8 rings (SSSR count). The van der Waals surface area contributed by atoms with Crippen LogP contribution in [0.2, 0.25) is 0 Å². The average Bonchev–Trinajstić information content (AvgIpc) is 3.42. The first kappa shape index (κ1) is 54.1. The van der Waals surface area contributed by atoms with E-state index in [4.69, 9.17) is 31.8 Å². The minimum absolute atomic E-state index is 0.0763. The van der Waals surface area contributed by atoms with Crippen LogP contribution in [0.5, 0.6) is 46.0 Å². The van der Waals surface area contributed by atoms with Gasteiger partial charge in [-0.15, -0.1) is 12.8 Å². The first-order valence-corrected chi connectivity index (χ1v) is 23.1. The highest BCUT2D eigenvalue weighted by Gasteiger charge is 2.36. The molecule has 0 unspecified atom stereocenters. The van der Waals surface area contributed by atoms with Crippen LogP contribution in [-0.4, -0.2) is 13.0 Å². The topological polar surface area (TPSA) is 94.1 Å². The summed E-state index contributed by atoms with van der Waals surface area (Å²) in [5, 5.41) is -0.911. The summed E-state index contributed by atoms with van der Waals surface area (Å²) in [6, 6.07) is 12.1. The zero-order valence-corrected chi connectivity index (χ0v) is 38.7. The molecule has 0 spiro atoms. The predicted molar refractivity (Wildman–Crippen MR) is 234 cm³/mol. The van der Waals surface area contributed by atoms with Gasteiger partial charge in [-0.25, -0.2) is 43.5 Å². The van der Waals surface area contributed by atoms with E-state index in [1.807, 2.05) is 0 Å². The van der Waals surface area contributed by atoms with E-state index in [-0.39, 0.29) is 16.5 Å². The molecule has 8 aromatic rings. The smallest absolute Gasteiger partial charge is 0.205 e. The zero-order valence-electron chi connectivity index (χ0n) is 36.3. The second-order valence-electron chi connectivity index (χ2n) is 14.9. The van der Waals surface area contributed by atoms with Crippen LogP contribution < -0.4 is 18.9 Å². The van der Waals surface area contributed by atoms with Crippen molar-refractivity contribution in [2.45, 2.75) is 24.5 Å². The molecule has 0 saturated carbocycles. The van der Waals surface area contributed by atoms with Crippen molar-refractivity contribution >= 4 is 44.4 Å². The van der Waals surface area contributed by atoms with Crippen molar-refractivity contribution in [2.75, 3.05) is 0 Å². The Balaban J connectivity index is 1.17. The van der Waals surface area contributed by atoms with E-state index < -0.39 is 203 Å². The lowest BCUT2D eigenvalue weighted by Crippen LogP contribution is -2.07. The number of hydrogen-bond acceptors (Lipinski definition) is 9. The molecule has 0 N–H and O–H groups in total. The second kappa shape index (κ2) is 20.9. The summed E-state index contributed by atoms with van der Waals surface area (Å²) in [7, 11) is -5.33. The van der Waals surface area contributed by atoms with Gasteiger partial charge in [0.2, 0.25) is 69.5 Å². The molecular weight excluding hydrogens is 1110 g/mol. The fraction of sp³-hybridized carbons (Fsp3) is 0. The van der Waals surface area contributed by atoms with E-state index in [2.05, 4.69) is 11.8 Å². The number of hydrogen-bond donors (Lipinski definition) is 0. The molecule has 0 aliphatic carbocycles. The Morgan fingerprint density at radius 3 is 0.987 bits per heavy atom. The molecule has 8 aromatic carbocycles. The van der Waals surface area contributed by atoms with Gasteiger partial charge in [-0.3, -0.25) is 0 Å². The van der Waals surface area contributed by atoms with Crippen molar-refractivity contribution in [2.24, 2.45) is 0 Å². The Bertz CT molecular complexity index is 3880. The fourth-order valence-electron chi connectivity index (χ4n) is 6.59. The van der Waals surface area contributed by atoms with Crippen molar-refractivity contribution in [3.63, 3.8) is 0 Å². The maximum absolute atomic E-state index is 15.8. The van der Waals surface area contributed by atoms with Gasteiger partial charge >= 0.3 is 0 Å². The van der Waals surface area contributed by atoms with Gasteiger partial charge < -0.3 is 23.5 Å². The van der Waals surface area contributed by atoms with E-state index in [1.54, 1.807) is 0 Å². The first-order chi connectivity index (χ1) is 35.9. The summed E-state index contributed by atoms with van der Waals surface area (Å²) in [6.45, 7) is 0. The summed E-state index contributed by atoms with van der Waals surface area (Å²) in [5.41, 5.74) is 0.156. The fourth-order valence-corrected chi connectivity index (χ4v) is 8.94. The normalized spacial score (nSPS) is 11.4. The third-order valence-corrected chi connectivity index (χ3v) is 13.2. The molecule has 0 radical (unpaired) electrons. The van der Waals surface area contributed by atoms with Gasteiger partial charge in [-0.1, -0.05) is 53.6 Å². The van der Waals surface area contributed by atoms with E-state index in [0.29, 0.717) is 24.3 Å². The van der Waals surface area contributed by atoms with Gasteiger partial charge in [0.05, 0.1) is 24.5 Å². The summed E-state index contributed by atoms with van der Waals surface area (Å²) >= 11 is -1.88. The zero-order chi connectivity index (χ0) is 55.4. The van der Waals surface area contributed by atoms with Gasteiger partial charge in [0, 0.05) is 11.1 Å². The molecule has 0 aromatic heterocycles. The predicted octanol–water partition coefficient (Wildman–Crippen LogP) is 15.4. The molecule has 0 saturated heterocycles. The molecule has 26 heteroatoms. The van der Waals surface area contributed by atoms with Crippen LogP contribution in [0.15, 0.2) is 103 Å². The van der Waals surface area contributed by atoms with Gasteiger partial charge in [0.25, 0.3) is 0 Å². The number of fused-ring (bicyclic) bond motifs is 1. The molecule has 0 bridgehead atoms. The van der Waals surface area contributed by atoms with Gasteiger partial charge in [-0.2, -0.15) is 35.1 Å². The third kappa shape index (κ3) is 9.94. The van der Waals surface area contributed by atoms with Crippen LogP contribution >= 0.6 is 23.5 Å². The monoisotopic (exact) mass is 1130 g/mol. The van der Waals surface area contributed by atoms with Crippen molar-refractivity contribution in [3.8, 4) is 70.7 Å². The highest BCUT2D eigenvalue weighted by Crippen LogP contribution is 2.49. The van der Waals surface area contributed by atoms with E-state index in [0.717, 1.165) is 30.3 Å². The van der Waals surface area contributed by atoms with Crippen LogP contribution in [0.1, 0.15) is 11.1 Å². The van der Waals surface area contributed by atoms with Crippen molar-refractivity contribution in [1.82, 2.24) is 0 Å². The Labute approximate surface area is 423 Å². The van der Waals surface area contributed by atoms with Gasteiger partial charge in [-0.05, 0) is 71.4 Å². The number of ether oxygens (including phenoxy) is 4. The van der Waals surface area contributed by atoms with Gasteiger partial charge in [0.15, 0.2) is 58.0 Å². The van der Waals surface area contributed by atoms with E-state index >= 15 is 70.2 Å². The van der Waals surface area contributed by atoms with Crippen molar-refractivity contribution in [1.29, 1.82) is 0 Å². The maximum atomic E-state index is 15.8. The molecule has 0 aliphatic rings. The molecule has 0 aliphatic heterocycles. The van der Waals surface area contributed by atoms with Crippen molar-refractivity contribution in [3.05, 3.63) is 183 Å². The Morgan fingerprint density at radius 1 is 0.382 bits per heavy atom. The molecule has 388 valence electrons. The molecule has 0 atom stereocenters. The molecule has 76 heavy (non-hydrogen) atoms. The standard InChI is InChI=1S/C50H16F16O7S3/c1-3-18-7-5-9-22(13-18)70-43-27(51)35(59)47(36(60)28(43)52)74-49-39(63)31(55)45(32(56)40(49)64)72-25-16-20-11-12-24(76(67,68)69)15-21(20)17-26(25)73-46-33(57)41(65)50(42(66)34(46)58)75-48-37(61)29(53)44(30(54)38(48)62)71-23-10-6-8-19(4-2)14-23/h1-2,5-17H,(H,67,68,69)/p-1. The highest BCUT2D eigenvalue weighted by atomic mass is 32.2. The van der Waals surface area contributed by atoms with E-state index in [9.17, 15) is 13.0 Å². The van der Waals surface area contributed by atoms with Crippen LogP contribution in [-0.2, 0) is 10.1 Å². The van der Waals surface area contributed by atoms with Crippen LogP contribution in [0.3, 0.4) is 0 Å². The van der Waals surface area contributed by atoms with Crippen LogP contribution in [0, 0.1) is 118 Å². The Morgan fingerprint density at radius 2 is 0.684 bits per heavy atom. The first-order valence-electron chi connectivity index (χ1n) is 20.0. The molecule has 0 heterocycles. The number of terminal acetylenes is 2. The second-order valence-corrected chi connectivity index (χ2v) is 18.3. The molecule has 0 fully saturated rings. The van der Waals surface area contributed by atoms with Gasteiger partial charge in [0.1, 0.15) is 21.6 Å². The quantitative estimate of drug-likeness (QED) is 0.0484. The lowest BCUT2D eigenvalue weighted by Gasteiger charge is -2.18.